The van der Waals surface area contributed by atoms with Crippen molar-refractivity contribution in [2.75, 3.05) is 11.4 Å². The van der Waals surface area contributed by atoms with E-state index in [9.17, 15) is 18.3 Å². The molecule has 5 nitrogen and oxygen atoms in total. The summed E-state index contributed by atoms with van der Waals surface area (Å²) in [6.45, 7) is 0. The van der Waals surface area contributed by atoms with Gasteiger partial charge in [0.2, 0.25) is 0 Å². The first-order valence-electron chi connectivity index (χ1n) is 5.89. The zero-order valence-corrected chi connectivity index (χ0v) is 12.6. The summed E-state index contributed by atoms with van der Waals surface area (Å²) in [6, 6.07) is 11.3. The number of hydrogen-bond acceptors (Lipinski definition) is 4. The third kappa shape index (κ3) is 3.01. The predicted octanol–water partition coefficient (Wildman–Crippen LogP) is 1.53. The van der Waals surface area contributed by atoms with Crippen molar-refractivity contribution >= 4 is 33.3 Å². The Hall–Kier alpha value is -2.05. The van der Waals surface area contributed by atoms with Crippen LogP contribution in [0.5, 0.6) is 0 Å². The van der Waals surface area contributed by atoms with Crippen LogP contribution < -0.4 is 9.41 Å². The van der Waals surface area contributed by atoms with E-state index in [4.69, 9.17) is 11.6 Å². The van der Waals surface area contributed by atoms with Gasteiger partial charge in [0, 0.05) is 7.05 Å². The van der Waals surface area contributed by atoms with Crippen LogP contribution in [0.2, 0.25) is 5.02 Å². The Balaban J connectivity index is 2.42. The number of hydrogen-bond donors (Lipinski definition) is 0. The van der Waals surface area contributed by atoms with Gasteiger partial charge in [0.05, 0.1) is 21.6 Å². The van der Waals surface area contributed by atoms with Gasteiger partial charge in [0.15, 0.2) is 0 Å². The highest BCUT2D eigenvalue weighted by Crippen LogP contribution is 2.28. The summed E-state index contributed by atoms with van der Waals surface area (Å²) in [6.07, 6.45) is 0. The SMILES string of the molecule is CN(c1ccccc1Cl)S(=O)(=O)c1ccc(C(=O)[O-])cc1. The number of anilines is 1. The van der Waals surface area contributed by atoms with Crippen molar-refractivity contribution < 1.29 is 18.3 Å². The summed E-state index contributed by atoms with van der Waals surface area (Å²) >= 11 is 5.99. The van der Waals surface area contributed by atoms with Gasteiger partial charge < -0.3 is 9.90 Å². The highest BCUT2D eigenvalue weighted by atomic mass is 35.5. The number of para-hydroxylation sites is 1. The summed E-state index contributed by atoms with van der Waals surface area (Å²) in [5.74, 6) is -1.36. The van der Waals surface area contributed by atoms with E-state index in [-0.39, 0.29) is 10.5 Å². The molecule has 2 aromatic carbocycles. The molecule has 0 aliphatic heterocycles. The topological polar surface area (TPSA) is 77.5 Å². The smallest absolute Gasteiger partial charge is 0.264 e. The van der Waals surface area contributed by atoms with E-state index in [1.165, 1.54) is 31.3 Å². The lowest BCUT2D eigenvalue weighted by Crippen LogP contribution is -2.27. The standard InChI is InChI=1S/C14H12ClNO4S/c1-16(13-5-3-2-4-12(13)15)21(19,20)11-8-6-10(7-9-11)14(17)18/h2-9H,1H3,(H,17,18)/p-1. The number of benzene rings is 2. The molecule has 21 heavy (non-hydrogen) atoms. The molecule has 0 aromatic heterocycles. The second kappa shape index (κ2) is 5.75. The average molecular weight is 325 g/mol. The molecule has 0 spiro atoms. The highest BCUT2D eigenvalue weighted by molar-refractivity contribution is 7.92. The van der Waals surface area contributed by atoms with E-state index < -0.39 is 16.0 Å². The van der Waals surface area contributed by atoms with Gasteiger partial charge in [-0.15, -0.1) is 0 Å². The van der Waals surface area contributed by atoms with E-state index in [2.05, 4.69) is 0 Å². The van der Waals surface area contributed by atoms with Gasteiger partial charge in [-0.1, -0.05) is 35.9 Å². The van der Waals surface area contributed by atoms with Crippen LogP contribution in [0.4, 0.5) is 5.69 Å². The summed E-state index contributed by atoms with van der Waals surface area (Å²) in [4.78, 5) is 10.6. The molecule has 0 aliphatic carbocycles. The number of nitrogens with zero attached hydrogens (tertiary/aromatic N) is 1. The maximum atomic E-state index is 12.5. The normalized spacial score (nSPS) is 11.1. The Morgan fingerprint density at radius 3 is 2.19 bits per heavy atom. The van der Waals surface area contributed by atoms with Crippen molar-refractivity contribution in [1.29, 1.82) is 0 Å². The molecular formula is C14H11ClNO4S-. The van der Waals surface area contributed by atoms with Crippen LogP contribution >= 0.6 is 11.6 Å². The zero-order chi connectivity index (χ0) is 15.6. The largest absolute Gasteiger partial charge is 0.545 e. The molecule has 0 saturated carbocycles. The predicted molar refractivity (Wildman–Crippen MR) is 77.8 cm³/mol. The second-order valence-corrected chi connectivity index (χ2v) is 6.61. The highest BCUT2D eigenvalue weighted by Gasteiger charge is 2.22. The lowest BCUT2D eigenvalue weighted by atomic mass is 10.2. The molecule has 0 bridgehead atoms. The quantitative estimate of drug-likeness (QED) is 0.854. The van der Waals surface area contributed by atoms with Crippen LogP contribution in [-0.2, 0) is 10.0 Å². The molecule has 0 radical (unpaired) electrons. The van der Waals surface area contributed by atoms with E-state index >= 15 is 0 Å². The van der Waals surface area contributed by atoms with Crippen LogP contribution in [-0.4, -0.2) is 21.4 Å². The van der Waals surface area contributed by atoms with Crippen molar-refractivity contribution in [3.63, 3.8) is 0 Å². The summed E-state index contributed by atoms with van der Waals surface area (Å²) < 4.78 is 26.0. The van der Waals surface area contributed by atoms with Crippen molar-refractivity contribution in [3.8, 4) is 0 Å². The number of carboxylic acids is 1. The molecule has 2 rings (SSSR count). The maximum Gasteiger partial charge on any atom is 0.264 e. The number of rotatable bonds is 4. The number of carbonyl (C=O) groups is 1. The minimum atomic E-state index is -3.82. The fraction of sp³-hybridized carbons (Fsp3) is 0.0714. The van der Waals surface area contributed by atoms with E-state index in [0.29, 0.717) is 10.7 Å². The summed E-state index contributed by atoms with van der Waals surface area (Å²) in [7, 11) is -2.44. The molecule has 110 valence electrons. The number of carbonyl (C=O) groups excluding carboxylic acids is 1. The van der Waals surface area contributed by atoms with Gasteiger partial charge in [0.25, 0.3) is 10.0 Å². The van der Waals surface area contributed by atoms with Gasteiger partial charge in [-0.3, -0.25) is 4.31 Å². The van der Waals surface area contributed by atoms with Gasteiger partial charge in [-0.05, 0) is 29.8 Å². The molecule has 0 N–H and O–H groups in total. The molecule has 2 aromatic rings. The third-order valence-corrected chi connectivity index (χ3v) is 5.05. The van der Waals surface area contributed by atoms with Crippen molar-refractivity contribution in [2.45, 2.75) is 4.90 Å². The summed E-state index contributed by atoms with van der Waals surface area (Å²) in [5.41, 5.74) is 0.248. The molecule has 0 fully saturated rings. The Kier molecular flexibility index (Phi) is 4.20. The van der Waals surface area contributed by atoms with Crippen molar-refractivity contribution in [1.82, 2.24) is 0 Å². The van der Waals surface area contributed by atoms with Crippen molar-refractivity contribution in [2.24, 2.45) is 0 Å². The second-order valence-electron chi connectivity index (χ2n) is 4.24. The fourth-order valence-electron chi connectivity index (χ4n) is 1.76. The van der Waals surface area contributed by atoms with E-state index in [1.54, 1.807) is 24.3 Å². The minimum absolute atomic E-state index is 0.0325. The van der Waals surface area contributed by atoms with E-state index in [0.717, 1.165) is 4.31 Å². The van der Waals surface area contributed by atoms with Crippen LogP contribution in [0.3, 0.4) is 0 Å². The fourth-order valence-corrected chi connectivity index (χ4v) is 3.28. The maximum absolute atomic E-state index is 12.5. The summed E-state index contributed by atoms with van der Waals surface area (Å²) in [5, 5.41) is 11.0. The molecule has 0 aliphatic rings. The number of carboxylic acid groups (broad SMARTS) is 1. The Bertz CT molecular complexity index is 772. The lowest BCUT2D eigenvalue weighted by molar-refractivity contribution is -0.255. The monoisotopic (exact) mass is 324 g/mol. The molecule has 0 atom stereocenters. The average Bonchev–Trinajstić information content (AvgIpc) is 2.47. The van der Waals surface area contributed by atoms with Gasteiger partial charge in [-0.2, -0.15) is 0 Å². The van der Waals surface area contributed by atoms with Crippen LogP contribution in [0.25, 0.3) is 0 Å². The van der Waals surface area contributed by atoms with Crippen LogP contribution in [0.1, 0.15) is 10.4 Å². The molecular weight excluding hydrogens is 314 g/mol. The molecule has 0 saturated heterocycles. The van der Waals surface area contributed by atoms with E-state index in [1.807, 2.05) is 0 Å². The Labute approximate surface area is 127 Å². The Morgan fingerprint density at radius 2 is 1.67 bits per heavy atom. The first kappa shape index (κ1) is 15.3. The first-order valence-corrected chi connectivity index (χ1v) is 7.70. The minimum Gasteiger partial charge on any atom is -0.545 e. The third-order valence-electron chi connectivity index (χ3n) is 2.94. The van der Waals surface area contributed by atoms with Gasteiger partial charge in [-0.25, -0.2) is 8.42 Å². The lowest BCUT2D eigenvalue weighted by Gasteiger charge is -2.20. The van der Waals surface area contributed by atoms with Crippen molar-refractivity contribution in [3.05, 3.63) is 59.1 Å². The number of sulfonamides is 1. The molecule has 0 unspecified atom stereocenters. The van der Waals surface area contributed by atoms with Gasteiger partial charge >= 0.3 is 0 Å². The van der Waals surface area contributed by atoms with Gasteiger partial charge in [0.1, 0.15) is 0 Å². The molecule has 0 heterocycles. The Morgan fingerprint density at radius 1 is 1.10 bits per heavy atom. The van der Waals surface area contributed by atoms with Crippen LogP contribution in [0, 0.1) is 0 Å². The zero-order valence-electron chi connectivity index (χ0n) is 11.0. The number of aromatic carboxylic acids is 1. The molecule has 7 heteroatoms. The molecule has 0 amide bonds. The van der Waals surface area contributed by atoms with Crippen LogP contribution in [0.15, 0.2) is 53.4 Å². The number of halogens is 1. The first-order chi connectivity index (χ1) is 9.84.